The third kappa shape index (κ3) is 8.65. The summed E-state index contributed by atoms with van der Waals surface area (Å²) in [5.74, 6) is 0. The summed E-state index contributed by atoms with van der Waals surface area (Å²) >= 11 is 0. The van der Waals surface area contributed by atoms with E-state index in [9.17, 15) is 0 Å². The number of hydrogen-bond donors (Lipinski definition) is 1. The normalized spacial score (nSPS) is 20.8. The second-order valence-corrected chi connectivity index (χ2v) is 6.12. The summed E-state index contributed by atoms with van der Waals surface area (Å²) in [5, 5.41) is 3.47. The molecule has 0 aromatic rings. The lowest BCUT2D eigenvalue weighted by atomic mass is 10.00. The van der Waals surface area contributed by atoms with Gasteiger partial charge in [-0.15, -0.1) is 0 Å². The van der Waals surface area contributed by atoms with Gasteiger partial charge in [-0.2, -0.15) is 0 Å². The Balaban J connectivity index is 1.91. The van der Waals surface area contributed by atoms with Gasteiger partial charge >= 0.3 is 0 Å². The van der Waals surface area contributed by atoms with Crippen LogP contribution in [0.25, 0.3) is 0 Å². The minimum Gasteiger partial charge on any atom is -0.378 e. The van der Waals surface area contributed by atoms with Gasteiger partial charge in [-0.05, 0) is 32.7 Å². The van der Waals surface area contributed by atoms with Crippen LogP contribution in [-0.4, -0.2) is 25.8 Å². The van der Waals surface area contributed by atoms with Crippen molar-refractivity contribution >= 4 is 0 Å². The molecule has 1 aliphatic rings. The fourth-order valence-electron chi connectivity index (χ4n) is 3.05. The van der Waals surface area contributed by atoms with Gasteiger partial charge in [-0.1, -0.05) is 58.3 Å². The zero-order chi connectivity index (χ0) is 13.8. The number of rotatable bonds is 12. The molecule has 1 rings (SSSR count). The molecule has 0 bridgehead atoms. The van der Waals surface area contributed by atoms with Gasteiger partial charge in [0.25, 0.3) is 0 Å². The summed E-state index contributed by atoms with van der Waals surface area (Å²) in [5.41, 5.74) is 0. The average molecular weight is 269 g/mol. The van der Waals surface area contributed by atoms with E-state index in [4.69, 9.17) is 4.74 Å². The fourth-order valence-corrected chi connectivity index (χ4v) is 3.05. The maximum absolute atomic E-state index is 5.73. The third-order valence-corrected chi connectivity index (χ3v) is 4.39. The molecule has 1 aliphatic heterocycles. The van der Waals surface area contributed by atoms with Crippen molar-refractivity contribution in [1.82, 2.24) is 5.32 Å². The van der Waals surface area contributed by atoms with Crippen LogP contribution in [0.2, 0.25) is 0 Å². The van der Waals surface area contributed by atoms with E-state index in [1.807, 2.05) is 0 Å². The zero-order valence-corrected chi connectivity index (χ0v) is 13.3. The van der Waals surface area contributed by atoms with E-state index >= 15 is 0 Å². The standard InChI is InChI=1S/C17H35NO/c1-3-4-5-6-7-8-9-10-12-16(18-2)15-17-13-11-14-19-17/h16-18H,3-15H2,1-2H3. The predicted molar refractivity (Wildman–Crippen MR) is 83.7 cm³/mol. The van der Waals surface area contributed by atoms with Crippen molar-refractivity contribution in [3.63, 3.8) is 0 Å². The van der Waals surface area contributed by atoms with E-state index in [0.29, 0.717) is 12.1 Å². The lowest BCUT2D eigenvalue weighted by molar-refractivity contribution is 0.0941. The smallest absolute Gasteiger partial charge is 0.0590 e. The number of ether oxygens (including phenoxy) is 1. The molecule has 0 amide bonds. The number of hydrogen-bond acceptors (Lipinski definition) is 2. The Labute approximate surface area is 120 Å². The summed E-state index contributed by atoms with van der Waals surface area (Å²) in [4.78, 5) is 0. The Morgan fingerprint density at radius 2 is 1.74 bits per heavy atom. The minimum atomic E-state index is 0.534. The van der Waals surface area contributed by atoms with Gasteiger partial charge in [-0.25, -0.2) is 0 Å². The van der Waals surface area contributed by atoms with Gasteiger partial charge in [0.1, 0.15) is 0 Å². The van der Waals surface area contributed by atoms with Gasteiger partial charge in [0.15, 0.2) is 0 Å². The van der Waals surface area contributed by atoms with Gasteiger partial charge in [-0.3, -0.25) is 0 Å². The molecule has 0 spiro atoms. The highest BCUT2D eigenvalue weighted by Gasteiger charge is 2.19. The fraction of sp³-hybridized carbons (Fsp3) is 1.00. The van der Waals surface area contributed by atoms with Crippen LogP contribution in [0.4, 0.5) is 0 Å². The molecule has 0 aliphatic carbocycles. The maximum atomic E-state index is 5.73. The first-order valence-electron chi connectivity index (χ1n) is 8.65. The zero-order valence-electron chi connectivity index (χ0n) is 13.3. The topological polar surface area (TPSA) is 21.3 Å². The highest BCUT2D eigenvalue weighted by molar-refractivity contribution is 4.74. The van der Waals surface area contributed by atoms with Crippen molar-refractivity contribution in [2.75, 3.05) is 13.7 Å². The van der Waals surface area contributed by atoms with Gasteiger partial charge in [0.05, 0.1) is 6.10 Å². The van der Waals surface area contributed by atoms with Crippen molar-refractivity contribution in [3.8, 4) is 0 Å². The van der Waals surface area contributed by atoms with Crippen molar-refractivity contribution in [1.29, 1.82) is 0 Å². The van der Waals surface area contributed by atoms with Crippen molar-refractivity contribution < 1.29 is 4.74 Å². The molecule has 2 heteroatoms. The van der Waals surface area contributed by atoms with Gasteiger partial charge in [0.2, 0.25) is 0 Å². The molecule has 0 radical (unpaired) electrons. The van der Waals surface area contributed by atoms with E-state index in [1.54, 1.807) is 0 Å². The second-order valence-electron chi connectivity index (χ2n) is 6.12. The van der Waals surface area contributed by atoms with Crippen molar-refractivity contribution in [2.24, 2.45) is 0 Å². The molecule has 1 heterocycles. The van der Waals surface area contributed by atoms with Crippen molar-refractivity contribution in [2.45, 2.75) is 96.1 Å². The molecule has 1 N–H and O–H groups in total. The van der Waals surface area contributed by atoms with Crippen LogP contribution in [0, 0.1) is 0 Å². The average Bonchev–Trinajstić information content (AvgIpc) is 2.93. The summed E-state index contributed by atoms with van der Waals surface area (Å²) in [6.45, 7) is 3.27. The predicted octanol–water partition coefficient (Wildman–Crippen LogP) is 4.67. The van der Waals surface area contributed by atoms with E-state index in [0.717, 1.165) is 6.61 Å². The highest BCUT2D eigenvalue weighted by atomic mass is 16.5. The SMILES string of the molecule is CCCCCCCCCCC(CC1CCCO1)NC. The highest BCUT2D eigenvalue weighted by Crippen LogP contribution is 2.19. The Morgan fingerprint density at radius 3 is 2.32 bits per heavy atom. The molecule has 2 atom stereocenters. The Hall–Kier alpha value is -0.0800. The largest absolute Gasteiger partial charge is 0.378 e. The van der Waals surface area contributed by atoms with Crippen LogP contribution in [-0.2, 0) is 4.74 Å². The van der Waals surface area contributed by atoms with E-state index < -0.39 is 0 Å². The van der Waals surface area contributed by atoms with Crippen LogP contribution >= 0.6 is 0 Å². The van der Waals surface area contributed by atoms with E-state index in [1.165, 1.54) is 77.0 Å². The van der Waals surface area contributed by atoms with Crippen LogP contribution in [0.15, 0.2) is 0 Å². The number of nitrogens with one attached hydrogen (secondary N) is 1. The molecule has 1 fully saturated rings. The number of unbranched alkanes of at least 4 members (excludes halogenated alkanes) is 7. The molecular weight excluding hydrogens is 234 g/mol. The minimum absolute atomic E-state index is 0.534. The monoisotopic (exact) mass is 269 g/mol. The molecule has 114 valence electrons. The summed E-state index contributed by atoms with van der Waals surface area (Å²) in [6, 6.07) is 0.670. The molecule has 1 saturated heterocycles. The molecule has 19 heavy (non-hydrogen) atoms. The second kappa shape index (κ2) is 11.7. The molecular formula is C17H35NO. The summed E-state index contributed by atoms with van der Waals surface area (Å²) < 4.78 is 5.73. The van der Waals surface area contributed by atoms with E-state index in [2.05, 4.69) is 19.3 Å². The third-order valence-electron chi connectivity index (χ3n) is 4.39. The first kappa shape index (κ1) is 17.0. The van der Waals surface area contributed by atoms with Gasteiger partial charge < -0.3 is 10.1 Å². The lowest BCUT2D eigenvalue weighted by Crippen LogP contribution is -2.29. The quantitative estimate of drug-likeness (QED) is 0.520. The van der Waals surface area contributed by atoms with Crippen LogP contribution in [0.1, 0.15) is 84.0 Å². The van der Waals surface area contributed by atoms with E-state index in [-0.39, 0.29) is 0 Å². The van der Waals surface area contributed by atoms with Gasteiger partial charge in [0, 0.05) is 12.6 Å². The Kier molecular flexibility index (Phi) is 10.5. The Morgan fingerprint density at radius 1 is 1.05 bits per heavy atom. The van der Waals surface area contributed by atoms with Crippen LogP contribution < -0.4 is 5.32 Å². The van der Waals surface area contributed by atoms with Crippen LogP contribution in [0.5, 0.6) is 0 Å². The summed E-state index contributed by atoms with van der Waals surface area (Å²) in [7, 11) is 2.10. The maximum Gasteiger partial charge on any atom is 0.0590 e. The Bertz CT molecular complexity index is 190. The van der Waals surface area contributed by atoms with Crippen LogP contribution in [0.3, 0.4) is 0 Å². The first-order valence-corrected chi connectivity index (χ1v) is 8.65. The summed E-state index contributed by atoms with van der Waals surface area (Å²) in [6.07, 6.45) is 16.9. The molecule has 0 aromatic heterocycles. The lowest BCUT2D eigenvalue weighted by Gasteiger charge is -2.19. The molecule has 2 unspecified atom stereocenters. The molecule has 0 saturated carbocycles. The van der Waals surface area contributed by atoms with Crippen molar-refractivity contribution in [3.05, 3.63) is 0 Å². The molecule has 0 aromatic carbocycles. The molecule has 2 nitrogen and oxygen atoms in total. The first-order chi connectivity index (χ1) is 9.36.